The minimum Gasteiger partial charge on any atom is -0.326 e. The first kappa shape index (κ1) is 20.4. The number of hydrogen-bond acceptors (Lipinski definition) is 4. The highest BCUT2D eigenvalue weighted by atomic mass is 35.5. The van der Waals surface area contributed by atoms with Crippen LogP contribution in [0.15, 0.2) is 41.3 Å². The topological polar surface area (TPSA) is 87.3 Å². The molecule has 0 bridgehead atoms. The maximum absolute atomic E-state index is 12.5. The van der Waals surface area contributed by atoms with Crippen LogP contribution in [-0.4, -0.2) is 34.5 Å². The molecule has 1 amide bonds. The predicted molar refractivity (Wildman–Crippen MR) is 99.2 cm³/mol. The first-order chi connectivity index (χ1) is 11.0. The number of halogens is 1. The van der Waals surface area contributed by atoms with Gasteiger partial charge in [0.2, 0.25) is 15.9 Å². The van der Waals surface area contributed by atoms with E-state index in [0.29, 0.717) is 29.4 Å². The molecule has 2 aromatic carbocycles. The Balaban J connectivity index is 0.00000288. The normalized spacial score (nSPS) is 11.1. The van der Waals surface area contributed by atoms with Crippen molar-refractivity contribution in [3.63, 3.8) is 0 Å². The highest BCUT2D eigenvalue weighted by Gasteiger charge is 2.18. The molecule has 0 radical (unpaired) electrons. The lowest BCUT2D eigenvalue weighted by atomic mass is 10.1. The van der Waals surface area contributed by atoms with E-state index >= 15 is 0 Å². The fourth-order valence-corrected chi connectivity index (χ4v) is 3.64. The molecule has 6 nitrogen and oxygen atoms in total. The third-order valence-electron chi connectivity index (χ3n) is 3.38. The van der Waals surface area contributed by atoms with Crippen molar-refractivity contribution in [3.8, 4) is 0 Å². The number of benzene rings is 2. The summed E-state index contributed by atoms with van der Waals surface area (Å²) in [5.41, 5.74) is 0.599. The Morgan fingerprint density at radius 3 is 2.33 bits per heavy atom. The molecular formula is C16H22ClN3O3S. The van der Waals surface area contributed by atoms with E-state index in [1.807, 2.05) is 13.1 Å². The van der Waals surface area contributed by atoms with Gasteiger partial charge >= 0.3 is 0 Å². The average Bonchev–Trinajstić information content (AvgIpc) is 2.51. The van der Waals surface area contributed by atoms with Crippen molar-refractivity contribution in [1.29, 1.82) is 0 Å². The summed E-state index contributed by atoms with van der Waals surface area (Å²) in [4.78, 5) is 11.5. The smallest absolute Gasteiger partial charge is 0.241 e. The van der Waals surface area contributed by atoms with E-state index in [2.05, 4.69) is 15.4 Å². The van der Waals surface area contributed by atoms with Crippen molar-refractivity contribution >= 4 is 44.8 Å². The predicted octanol–water partition coefficient (Wildman–Crippen LogP) is 2.11. The molecular weight excluding hydrogens is 350 g/mol. The fraction of sp³-hybridized carbons (Fsp3) is 0.312. The van der Waals surface area contributed by atoms with Gasteiger partial charge in [-0.1, -0.05) is 24.3 Å². The molecule has 0 atom stereocenters. The van der Waals surface area contributed by atoms with Crippen molar-refractivity contribution in [2.45, 2.75) is 18.2 Å². The van der Waals surface area contributed by atoms with Gasteiger partial charge in [0.25, 0.3) is 0 Å². The number of anilines is 1. The zero-order valence-electron chi connectivity index (χ0n) is 13.6. The Labute approximate surface area is 148 Å². The first-order valence-corrected chi connectivity index (χ1v) is 8.87. The van der Waals surface area contributed by atoms with Crippen LogP contribution in [0.3, 0.4) is 0 Å². The Morgan fingerprint density at radius 1 is 1.04 bits per heavy atom. The fourth-order valence-electron chi connectivity index (χ4n) is 2.35. The van der Waals surface area contributed by atoms with Gasteiger partial charge in [-0.05, 0) is 32.1 Å². The molecule has 0 aliphatic heterocycles. The zero-order chi connectivity index (χ0) is 16.9. The number of rotatable bonds is 7. The Morgan fingerprint density at radius 2 is 1.71 bits per heavy atom. The van der Waals surface area contributed by atoms with Crippen molar-refractivity contribution in [3.05, 3.63) is 36.4 Å². The number of amides is 1. The number of nitrogens with one attached hydrogen (secondary N) is 3. The molecule has 2 aromatic rings. The van der Waals surface area contributed by atoms with Crippen molar-refractivity contribution < 1.29 is 13.2 Å². The molecule has 0 saturated carbocycles. The second-order valence-corrected chi connectivity index (χ2v) is 6.93. The molecule has 2 rings (SSSR count). The summed E-state index contributed by atoms with van der Waals surface area (Å²) in [6.07, 6.45) is 0.706. The van der Waals surface area contributed by atoms with Gasteiger partial charge in [0, 0.05) is 29.9 Å². The number of carbonyl (C=O) groups is 1. The summed E-state index contributed by atoms with van der Waals surface area (Å²) in [7, 11) is -1.78. The van der Waals surface area contributed by atoms with Crippen LogP contribution in [0.1, 0.15) is 13.3 Å². The minimum atomic E-state index is -3.60. The monoisotopic (exact) mass is 371 g/mol. The van der Waals surface area contributed by atoms with E-state index in [4.69, 9.17) is 0 Å². The van der Waals surface area contributed by atoms with Crippen LogP contribution in [0.2, 0.25) is 0 Å². The van der Waals surface area contributed by atoms with Gasteiger partial charge in [0.05, 0.1) is 4.90 Å². The molecule has 0 aliphatic rings. The number of fused-ring (bicyclic) bond motifs is 1. The molecule has 0 fully saturated rings. The van der Waals surface area contributed by atoms with Crippen LogP contribution in [0.4, 0.5) is 5.69 Å². The van der Waals surface area contributed by atoms with E-state index in [1.54, 1.807) is 24.3 Å². The molecule has 0 heterocycles. The summed E-state index contributed by atoms with van der Waals surface area (Å²) in [5.74, 6) is -0.198. The quantitative estimate of drug-likeness (QED) is 0.650. The maximum atomic E-state index is 12.5. The van der Waals surface area contributed by atoms with Crippen molar-refractivity contribution in [1.82, 2.24) is 10.0 Å². The van der Waals surface area contributed by atoms with Gasteiger partial charge < -0.3 is 10.6 Å². The number of carbonyl (C=O) groups excluding carboxylic acids is 1. The lowest BCUT2D eigenvalue weighted by molar-refractivity contribution is -0.114. The second kappa shape index (κ2) is 8.98. The molecule has 24 heavy (non-hydrogen) atoms. The van der Waals surface area contributed by atoms with Gasteiger partial charge in [-0.25, -0.2) is 13.1 Å². The van der Waals surface area contributed by atoms with Crippen LogP contribution in [-0.2, 0) is 14.8 Å². The zero-order valence-corrected chi connectivity index (χ0v) is 15.3. The average molecular weight is 372 g/mol. The maximum Gasteiger partial charge on any atom is 0.241 e. The van der Waals surface area contributed by atoms with Gasteiger partial charge in [-0.15, -0.1) is 12.4 Å². The summed E-state index contributed by atoms with van der Waals surface area (Å²) >= 11 is 0. The molecule has 132 valence electrons. The van der Waals surface area contributed by atoms with Gasteiger partial charge in [0.15, 0.2) is 0 Å². The third-order valence-corrected chi connectivity index (χ3v) is 4.90. The van der Waals surface area contributed by atoms with Gasteiger partial charge in [-0.2, -0.15) is 0 Å². The van der Waals surface area contributed by atoms with E-state index in [9.17, 15) is 13.2 Å². The highest BCUT2D eigenvalue weighted by Crippen LogP contribution is 2.29. The molecule has 0 saturated heterocycles. The molecule has 3 N–H and O–H groups in total. The molecule has 0 spiro atoms. The van der Waals surface area contributed by atoms with Crippen LogP contribution in [0.25, 0.3) is 10.8 Å². The van der Waals surface area contributed by atoms with E-state index < -0.39 is 10.0 Å². The molecule has 0 unspecified atom stereocenters. The minimum absolute atomic E-state index is 0. The van der Waals surface area contributed by atoms with E-state index in [0.717, 1.165) is 6.54 Å². The Kier molecular flexibility index (Phi) is 7.62. The van der Waals surface area contributed by atoms with E-state index in [1.165, 1.54) is 13.0 Å². The van der Waals surface area contributed by atoms with Crippen molar-refractivity contribution in [2.75, 3.05) is 25.5 Å². The van der Waals surface area contributed by atoms with Crippen LogP contribution < -0.4 is 15.4 Å². The lowest BCUT2D eigenvalue weighted by Gasteiger charge is -2.13. The summed E-state index contributed by atoms with van der Waals surface area (Å²) in [5, 5.41) is 6.98. The van der Waals surface area contributed by atoms with Crippen LogP contribution >= 0.6 is 12.4 Å². The van der Waals surface area contributed by atoms with E-state index in [-0.39, 0.29) is 23.2 Å². The molecule has 0 aromatic heterocycles. The second-order valence-electron chi connectivity index (χ2n) is 5.19. The summed E-state index contributed by atoms with van der Waals surface area (Å²) in [6.45, 7) is 2.53. The lowest BCUT2D eigenvalue weighted by Crippen LogP contribution is -2.27. The number of hydrogen-bond donors (Lipinski definition) is 3. The standard InChI is InChI=1S/C16H21N3O3S.ClH/c1-12(20)19-15-8-9-16(14-7-4-3-6-13(14)15)23(21,22)18-11-5-10-17-2;/h3-4,6-9,17-18H,5,10-11H2,1-2H3,(H,19,20);1H. The number of sulfonamides is 1. The SMILES string of the molecule is CNCCCNS(=O)(=O)c1ccc(NC(C)=O)c2ccccc12.Cl. The van der Waals surface area contributed by atoms with Gasteiger partial charge in [0.1, 0.15) is 0 Å². The Hall–Kier alpha value is -1.67. The third kappa shape index (κ3) is 4.91. The first-order valence-electron chi connectivity index (χ1n) is 7.39. The van der Waals surface area contributed by atoms with Crippen LogP contribution in [0, 0.1) is 0 Å². The van der Waals surface area contributed by atoms with Gasteiger partial charge in [-0.3, -0.25) is 4.79 Å². The van der Waals surface area contributed by atoms with Crippen molar-refractivity contribution in [2.24, 2.45) is 0 Å². The summed E-state index contributed by atoms with van der Waals surface area (Å²) < 4.78 is 27.7. The largest absolute Gasteiger partial charge is 0.326 e. The molecule has 8 heteroatoms. The van der Waals surface area contributed by atoms with Crippen LogP contribution in [0.5, 0.6) is 0 Å². The summed E-state index contributed by atoms with van der Waals surface area (Å²) in [6, 6.07) is 10.3. The molecule has 0 aliphatic carbocycles. The Bertz CT molecular complexity index is 809. The highest BCUT2D eigenvalue weighted by molar-refractivity contribution is 7.89.